The number of anilines is 2. The van der Waals surface area contributed by atoms with Crippen molar-refractivity contribution in [2.24, 2.45) is 0 Å². The maximum absolute atomic E-state index is 12.3. The maximum Gasteiger partial charge on any atom is 0.258 e. The first-order valence-electron chi connectivity index (χ1n) is 6.23. The molecule has 0 aliphatic rings. The molecule has 0 saturated carbocycles. The molecule has 0 bridgehead atoms. The topological polar surface area (TPSA) is 88.1 Å². The predicted octanol–water partition coefficient (Wildman–Crippen LogP) is 3.08. The average molecular weight is 301 g/mol. The summed E-state index contributed by atoms with van der Waals surface area (Å²) in [5.74, 6) is 0.248. The summed E-state index contributed by atoms with van der Waals surface area (Å²) in [5, 5.41) is 12.5. The number of rotatable bonds is 3. The van der Waals surface area contributed by atoms with Crippen molar-refractivity contribution in [2.45, 2.75) is 13.8 Å². The monoisotopic (exact) mass is 301 g/mol. The van der Waals surface area contributed by atoms with Crippen LogP contribution in [0, 0.1) is 25.2 Å². The number of thiophene rings is 1. The van der Waals surface area contributed by atoms with Gasteiger partial charge >= 0.3 is 0 Å². The van der Waals surface area contributed by atoms with E-state index in [1.807, 2.05) is 13.8 Å². The van der Waals surface area contributed by atoms with Gasteiger partial charge in [-0.2, -0.15) is 5.26 Å². The summed E-state index contributed by atoms with van der Waals surface area (Å²) in [5.41, 5.74) is 7.92. The third-order valence-electron chi connectivity index (χ3n) is 3.23. The highest BCUT2D eigenvalue weighted by Crippen LogP contribution is 2.32. The lowest BCUT2D eigenvalue weighted by molar-refractivity contribution is 0.102. The summed E-state index contributed by atoms with van der Waals surface area (Å²) in [6.45, 7) is 3.78. The van der Waals surface area contributed by atoms with E-state index in [9.17, 15) is 10.1 Å². The molecule has 0 spiro atoms. The number of nitrogens with one attached hydrogen (secondary N) is 1. The highest BCUT2D eigenvalue weighted by atomic mass is 32.1. The Morgan fingerprint density at radius 2 is 2.14 bits per heavy atom. The molecule has 1 amide bonds. The molecule has 21 heavy (non-hydrogen) atoms. The third kappa shape index (κ3) is 2.83. The normalized spacial score (nSPS) is 10.0. The third-order valence-corrected chi connectivity index (χ3v) is 4.35. The Hall–Kier alpha value is -2.52. The van der Waals surface area contributed by atoms with Gasteiger partial charge in [0.25, 0.3) is 5.91 Å². The van der Waals surface area contributed by atoms with Crippen LogP contribution in [0.15, 0.2) is 18.2 Å². The molecule has 6 heteroatoms. The lowest BCUT2D eigenvalue weighted by atomic mass is 10.1. The van der Waals surface area contributed by atoms with Crippen LogP contribution in [0.2, 0.25) is 0 Å². The summed E-state index contributed by atoms with van der Waals surface area (Å²) >= 11 is 1.38. The Labute approximate surface area is 127 Å². The van der Waals surface area contributed by atoms with E-state index in [0.29, 0.717) is 27.6 Å². The molecule has 1 aromatic carbocycles. The van der Waals surface area contributed by atoms with E-state index in [4.69, 9.17) is 10.5 Å². The number of nitrogen functional groups attached to an aromatic ring is 1. The largest absolute Gasteiger partial charge is 0.497 e. The van der Waals surface area contributed by atoms with Gasteiger partial charge < -0.3 is 15.8 Å². The van der Waals surface area contributed by atoms with Gasteiger partial charge in [-0.3, -0.25) is 4.79 Å². The zero-order chi connectivity index (χ0) is 15.6. The Bertz CT molecular complexity index is 744. The molecule has 108 valence electrons. The molecule has 5 nitrogen and oxygen atoms in total. The average Bonchev–Trinajstić information content (AvgIpc) is 2.72. The number of carbonyl (C=O) groups is 1. The number of ether oxygens (including phenoxy) is 1. The molecule has 0 saturated heterocycles. The van der Waals surface area contributed by atoms with E-state index >= 15 is 0 Å². The fraction of sp³-hybridized carbons (Fsp3) is 0.200. The van der Waals surface area contributed by atoms with Crippen molar-refractivity contribution in [3.8, 4) is 11.8 Å². The first kappa shape index (κ1) is 14.9. The van der Waals surface area contributed by atoms with Gasteiger partial charge in [0.1, 0.15) is 16.8 Å². The fourth-order valence-electron chi connectivity index (χ4n) is 1.89. The minimum Gasteiger partial charge on any atom is -0.497 e. The molecule has 2 aromatic rings. The lowest BCUT2D eigenvalue weighted by Crippen LogP contribution is -2.14. The van der Waals surface area contributed by atoms with Crippen LogP contribution < -0.4 is 15.8 Å². The van der Waals surface area contributed by atoms with Crippen LogP contribution in [0.5, 0.6) is 5.75 Å². The van der Waals surface area contributed by atoms with Crippen molar-refractivity contribution < 1.29 is 9.53 Å². The molecule has 3 N–H and O–H groups in total. The molecule has 0 fully saturated rings. The van der Waals surface area contributed by atoms with Crippen molar-refractivity contribution in [3.05, 3.63) is 39.8 Å². The van der Waals surface area contributed by atoms with E-state index < -0.39 is 0 Å². The van der Waals surface area contributed by atoms with E-state index in [1.54, 1.807) is 18.2 Å². The molecule has 0 unspecified atom stereocenters. The molecular formula is C15H15N3O2S. The second kappa shape index (κ2) is 5.85. The van der Waals surface area contributed by atoms with Crippen molar-refractivity contribution >= 4 is 27.9 Å². The Morgan fingerprint density at radius 1 is 1.43 bits per heavy atom. The standard InChI is InChI=1S/C15H15N3O2S/c1-8-9(2)21-15(12(8)7-16)18-14(19)11-5-4-10(20-3)6-13(11)17/h4-6H,17H2,1-3H3,(H,18,19). The molecule has 0 aliphatic carbocycles. The van der Waals surface area contributed by atoms with Crippen LogP contribution in [-0.4, -0.2) is 13.0 Å². The number of nitrogens with two attached hydrogens (primary N) is 1. The highest BCUT2D eigenvalue weighted by Gasteiger charge is 2.17. The second-order valence-corrected chi connectivity index (χ2v) is 5.73. The smallest absolute Gasteiger partial charge is 0.258 e. The minimum atomic E-state index is -0.340. The van der Waals surface area contributed by atoms with E-state index in [2.05, 4.69) is 11.4 Å². The number of carbonyl (C=O) groups excluding carboxylic acids is 1. The number of benzene rings is 1. The van der Waals surface area contributed by atoms with E-state index in [-0.39, 0.29) is 5.91 Å². The Balaban J connectivity index is 2.31. The number of hydrogen-bond donors (Lipinski definition) is 2. The van der Waals surface area contributed by atoms with Crippen molar-refractivity contribution in [3.63, 3.8) is 0 Å². The van der Waals surface area contributed by atoms with Crippen molar-refractivity contribution in [1.82, 2.24) is 0 Å². The summed E-state index contributed by atoms with van der Waals surface area (Å²) < 4.78 is 5.05. The minimum absolute atomic E-state index is 0.329. The number of methoxy groups -OCH3 is 1. The van der Waals surface area contributed by atoms with Gasteiger partial charge in [0.2, 0.25) is 0 Å². The molecule has 2 rings (SSSR count). The molecule has 0 atom stereocenters. The summed E-state index contributed by atoms with van der Waals surface area (Å²) in [6, 6.07) is 6.98. The van der Waals surface area contributed by atoms with E-state index in [1.165, 1.54) is 18.4 Å². The number of nitrogens with zero attached hydrogens (tertiary/aromatic N) is 1. The zero-order valence-corrected chi connectivity index (χ0v) is 12.8. The van der Waals surface area contributed by atoms with Gasteiger partial charge in [-0.25, -0.2) is 0 Å². The lowest BCUT2D eigenvalue weighted by Gasteiger charge is -2.08. The van der Waals surface area contributed by atoms with Crippen LogP contribution in [0.25, 0.3) is 0 Å². The number of hydrogen-bond acceptors (Lipinski definition) is 5. The summed E-state index contributed by atoms with van der Waals surface area (Å²) in [4.78, 5) is 13.3. The van der Waals surface area contributed by atoms with Gasteiger partial charge in [-0.05, 0) is 31.5 Å². The zero-order valence-electron chi connectivity index (χ0n) is 12.0. The van der Waals surface area contributed by atoms with Gasteiger partial charge in [0.05, 0.1) is 18.2 Å². The number of aryl methyl sites for hydroxylation is 1. The fourth-order valence-corrected chi connectivity index (χ4v) is 2.90. The SMILES string of the molecule is COc1ccc(C(=O)Nc2sc(C)c(C)c2C#N)c(N)c1. The Kier molecular flexibility index (Phi) is 4.15. The van der Waals surface area contributed by atoms with Gasteiger partial charge in [0.15, 0.2) is 0 Å². The van der Waals surface area contributed by atoms with Crippen LogP contribution >= 0.6 is 11.3 Å². The maximum atomic E-state index is 12.3. The van der Waals surface area contributed by atoms with E-state index in [0.717, 1.165) is 10.4 Å². The van der Waals surface area contributed by atoms with Crippen molar-refractivity contribution in [2.75, 3.05) is 18.2 Å². The Morgan fingerprint density at radius 3 is 2.71 bits per heavy atom. The molecule has 1 aromatic heterocycles. The number of nitriles is 1. The van der Waals surface area contributed by atoms with Gasteiger partial charge in [-0.15, -0.1) is 11.3 Å². The molecule has 0 aliphatic heterocycles. The summed E-state index contributed by atoms with van der Waals surface area (Å²) in [6.07, 6.45) is 0. The molecular weight excluding hydrogens is 286 g/mol. The van der Waals surface area contributed by atoms with Crippen LogP contribution in [-0.2, 0) is 0 Å². The van der Waals surface area contributed by atoms with Crippen LogP contribution in [0.1, 0.15) is 26.4 Å². The highest BCUT2D eigenvalue weighted by molar-refractivity contribution is 7.16. The first-order valence-corrected chi connectivity index (χ1v) is 7.04. The van der Waals surface area contributed by atoms with Gasteiger partial charge in [0, 0.05) is 16.6 Å². The van der Waals surface area contributed by atoms with Crippen molar-refractivity contribution in [1.29, 1.82) is 5.26 Å². The van der Waals surface area contributed by atoms with Crippen LogP contribution in [0.3, 0.4) is 0 Å². The number of amides is 1. The van der Waals surface area contributed by atoms with Crippen LogP contribution in [0.4, 0.5) is 10.7 Å². The second-order valence-electron chi connectivity index (χ2n) is 4.51. The first-order chi connectivity index (χ1) is 9.97. The quantitative estimate of drug-likeness (QED) is 0.853. The summed E-state index contributed by atoms with van der Waals surface area (Å²) in [7, 11) is 1.53. The molecule has 0 radical (unpaired) electrons. The molecule has 1 heterocycles. The predicted molar refractivity (Wildman–Crippen MR) is 83.9 cm³/mol. The van der Waals surface area contributed by atoms with Gasteiger partial charge in [-0.1, -0.05) is 0 Å².